The number of carbonyl (C=O) groups excluding carboxylic acids is 3. The van der Waals surface area contributed by atoms with Gasteiger partial charge in [-0.05, 0) is 82.8 Å². The molecule has 1 aliphatic heterocycles. The molecule has 0 unspecified atom stereocenters. The third kappa shape index (κ3) is 16.9. The number of rotatable bonds is 22. The summed E-state index contributed by atoms with van der Waals surface area (Å²) in [7, 11) is 1.69. The number of aliphatic hydroxyl groups is 1. The lowest BCUT2D eigenvalue weighted by Gasteiger charge is -2.33. The Hall–Kier alpha value is -2.93. The number of morpholine rings is 1. The molecule has 4 atom stereocenters. The Bertz CT molecular complexity index is 1140. The summed E-state index contributed by atoms with van der Waals surface area (Å²) in [6, 6.07) is 6.48. The minimum atomic E-state index is -1.03. The summed E-state index contributed by atoms with van der Waals surface area (Å²) < 4.78 is 22.0. The number of unbranched alkanes of at least 4 members (excludes halogenated alkanes) is 2. The number of alkyl carbamates (subject to hydrolysis) is 1. The number of amides is 3. The van der Waals surface area contributed by atoms with Crippen LogP contribution in [0, 0.1) is 23.7 Å². The molecule has 1 aliphatic rings. The van der Waals surface area contributed by atoms with Crippen molar-refractivity contribution >= 4 is 17.9 Å². The number of aliphatic hydroxyl groups excluding tert-OH is 1. The highest BCUT2D eigenvalue weighted by atomic mass is 16.6. The van der Waals surface area contributed by atoms with Gasteiger partial charge in [-0.3, -0.25) is 14.5 Å². The van der Waals surface area contributed by atoms with Crippen LogP contribution in [0.4, 0.5) is 4.79 Å². The van der Waals surface area contributed by atoms with E-state index in [-0.39, 0.29) is 36.0 Å². The van der Waals surface area contributed by atoms with Crippen molar-refractivity contribution in [3.05, 3.63) is 29.8 Å². The number of para-hydroxylation sites is 1. The van der Waals surface area contributed by atoms with Crippen LogP contribution in [0.3, 0.4) is 0 Å². The van der Waals surface area contributed by atoms with E-state index < -0.39 is 29.8 Å². The van der Waals surface area contributed by atoms with Crippen LogP contribution in [0.1, 0.15) is 90.9 Å². The van der Waals surface area contributed by atoms with Crippen molar-refractivity contribution in [3.63, 3.8) is 0 Å². The van der Waals surface area contributed by atoms with Gasteiger partial charge in [-0.2, -0.15) is 0 Å². The molecule has 3 amide bonds. The van der Waals surface area contributed by atoms with Crippen LogP contribution >= 0.6 is 0 Å². The summed E-state index contributed by atoms with van der Waals surface area (Å²) in [4.78, 5) is 42.0. The first kappa shape index (κ1) is 43.2. The monoisotopic (exact) mass is 706 g/mol. The van der Waals surface area contributed by atoms with Crippen molar-refractivity contribution in [1.29, 1.82) is 0 Å². The molecular formula is C38H66N4O8. The number of nitrogens with one attached hydrogen (secondary N) is 3. The van der Waals surface area contributed by atoms with E-state index in [4.69, 9.17) is 18.9 Å². The zero-order chi connectivity index (χ0) is 37.1. The first-order chi connectivity index (χ1) is 23.7. The Balaban J connectivity index is 2.11. The Morgan fingerprint density at radius 3 is 2.26 bits per heavy atom. The molecule has 0 saturated carbocycles. The quantitative estimate of drug-likeness (QED) is 0.127. The molecular weight excluding hydrogens is 640 g/mol. The Morgan fingerprint density at radius 2 is 1.62 bits per heavy atom. The maximum atomic E-state index is 13.4. The fraction of sp³-hybridized carbons (Fsp3) is 0.763. The fourth-order valence-electron chi connectivity index (χ4n) is 5.89. The van der Waals surface area contributed by atoms with Crippen molar-refractivity contribution in [3.8, 4) is 5.75 Å². The lowest BCUT2D eigenvalue weighted by Crippen LogP contribution is -2.49. The molecule has 1 saturated heterocycles. The van der Waals surface area contributed by atoms with E-state index in [9.17, 15) is 19.5 Å². The van der Waals surface area contributed by atoms with E-state index in [0.29, 0.717) is 57.3 Å². The molecule has 1 fully saturated rings. The van der Waals surface area contributed by atoms with Crippen molar-refractivity contribution in [2.24, 2.45) is 23.7 Å². The standard InChI is InChI=1S/C38H66N4O8/c1-27(2)29(26-40-35(44)30-14-10-11-15-34(30)49-21-13-9-12-20-47-8)24-32(41-37(46)50-38(5,6)7)33(43)25-31(28(3)4)36(45)39-16-17-42-18-22-48-23-19-42/h10-11,14-15,27-29,31-33,43H,9,12-13,16-26H2,1-8H3,(H,39,45)(H,40,44)(H,41,46)/t29-,31+,32+,33+/m1/s1. The predicted molar refractivity (Wildman–Crippen MR) is 195 cm³/mol. The molecule has 1 heterocycles. The molecule has 286 valence electrons. The van der Waals surface area contributed by atoms with E-state index >= 15 is 0 Å². The van der Waals surface area contributed by atoms with Crippen LogP contribution in [-0.2, 0) is 19.0 Å². The van der Waals surface area contributed by atoms with Crippen molar-refractivity contribution in [2.45, 2.75) is 98.3 Å². The minimum Gasteiger partial charge on any atom is -0.493 e. The first-order valence-corrected chi connectivity index (χ1v) is 18.5. The van der Waals surface area contributed by atoms with Gasteiger partial charge in [-0.1, -0.05) is 39.8 Å². The lowest BCUT2D eigenvalue weighted by molar-refractivity contribution is -0.127. The number of carbonyl (C=O) groups is 3. The van der Waals surface area contributed by atoms with Gasteiger partial charge >= 0.3 is 6.09 Å². The van der Waals surface area contributed by atoms with Gasteiger partial charge in [0.1, 0.15) is 11.4 Å². The molecule has 0 aromatic heterocycles. The lowest BCUT2D eigenvalue weighted by atomic mass is 9.82. The van der Waals surface area contributed by atoms with Crippen LogP contribution in [0.25, 0.3) is 0 Å². The van der Waals surface area contributed by atoms with E-state index in [1.807, 2.05) is 33.8 Å². The normalized spacial score (nSPS) is 16.4. The van der Waals surface area contributed by atoms with Crippen LogP contribution in [0.2, 0.25) is 0 Å². The van der Waals surface area contributed by atoms with Crippen molar-refractivity contribution in [1.82, 2.24) is 20.9 Å². The number of hydrogen-bond donors (Lipinski definition) is 4. The van der Waals surface area contributed by atoms with Gasteiger partial charge in [0.05, 0.1) is 37.5 Å². The molecule has 12 nitrogen and oxygen atoms in total. The molecule has 0 spiro atoms. The molecule has 1 aromatic carbocycles. The largest absolute Gasteiger partial charge is 0.493 e. The van der Waals surface area contributed by atoms with Gasteiger partial charge in [-0.15, -0.1) is 0 Å². The summed E-state index contributed by atoms with van der Waals surface area (Å²) in [5, 5.41) is 20.7. The second-order valence-corrected chi connectivity index (χ2v) is 15.0. The van der Waals surface area contributed by atoms with Crippen molar-refractivity contribution < 1.29 is 38.4 Å². The fourth-order valence-corrected chi connectivity index (χ4v) is 5.89. The third-order valence-corrected chi connectivity index (χ3v) is 9.04. The highest BCUT2D eigenvalue weighted by Crippen LogP contribution is 2.25. The number of hydrogen-bond acceptors (Lipinski definition) is 9. The van der Waals surface area contributed by atoms with Crippen LogP contribution in [0.15, 0.2) is 24.3 Å². The van der Waals surface area contributed by atoms with Gasteiger partial charge in [0, 0.05) is 52.4 Å². The van der Waals surface area contributed by atoms with Gasteiger partial charge in [0.25, 0.3) is 5.91 Å². The number of nitrogens with zero attached hydrogens (tertiary/aromatic N) is 1. The molecule has 0 radical (unpaired) electrons. The Labute approximate surface area is 300 Å². The van der Waals surface area contributed by atoms with Crippen LogP contribution in [-0.4, -0.2) is 112 Å². The maximum absolute atomic E-state index is 13.4. The molecule has 1 aromatic rings. The molecule has 12 heteroatoms. The summed E-state index contributed by atoms with van der Waals surface area (Å²) in [5.74, 6) is -0.353. The summed E-state index contributed by atoms with van der Waals surface area (Å²) in [6.45, 7) is 19.2. The van der Waals surface area contributed by atoms with Gasteiger partial charge < -0.3 is 40.0 Å². The number of methoxy groups -OCH3 is 1. The number of benzene rings is 1. The van der Waals surface area contributed by atoms with Gasteiger partial charge in [0.15, 0.2) is 0 Å². The zero-order valence-electron chi connectivity index (χ0n) is 31.9. The molecule has 0 bridgehead atoms. The molecule has 50 heavy (non-hydrogen) atoms. The second kappa shape index (κ2) is 22.8. The van der Waals surface area contributed by atoms with Gasteiger partial charge in [0.2, 0.25) is 5.91 Å². The smallest absolute Gasteiger partial charge is 0.407 e. The van der Waals surface area contributed by atoms with E-state index in [1.54, 1.807) is 46.1 Å². The Morgan fingerprint density at radius 1 is 0.940 bits per heavy atom. The molecule has 0 aliphatic carbocycles. The van der Waals surface area contributed by atoms with Crippen LogP contribution in [0.5, 0.6) is 5.75 Å². The first-order valence-electron chi connectivity index (χ1n) is 18.5. The highest BCUT2D eigenvalue weighted by molar-refractivity contribution is 5.96. The maximum Gasteiger partial charge on any atom is 0.407 e. The summed E-state index contributed by atoms with van der Waals surface area (Å²) >= 11 is 0. The Kier molecular flexibility index (Phi) is 19.7. The van der Waals surface area contributed by atoms with Crippen molar-refractivity contribution in [2.75, 3.05) is 66.3 Å². The third-order valence-electron chi connectivity index (χ3n) is 9.04. The zero-order valence-corrected chi connectivity index (χ0v) is 31.9. The second-order valence-electron chi connectivity index (χ2n) is 15.0. The average Bonchev–Trinajstić information content (AvgIpc) is 3.05. The number of ether oxygens (including phenoxy) is 4. The van der Waals surface area contributed by atoms with E-state index in [0.717, 1.165) is 38.9 Å². The minimum absolute atomic E-state index is 0.0389. The van der Waals surface area contributed by atoms with E-state index in [1.165, 1.54) is 0 Å². The summed E-state index contributed by atoms with van der Waals surface area (Å²) in [6.07, 6.45) is 1.64. The highest BCUT2D eigenvalue weighted by Gasteiger charge is 2.33. The molecule has 2 rings (SSSR count). The summed E-state index contributed by atoms with van der Waals surface area (Å²) in [5.41, 5.74) is -0.277. The predicted octanol–water partition coefficient (Wildman–Crippen LogP) is 4.64. The average molecular weight is 707 g/mol. The molecule has 4 N–H and O–H groups in total. The van der Waals surface area contributed by atoms with E-state index in [2.05, 4.69) is 20.9 Å². The topological polar surface area (TPSA) is 148 Å². The van der Waals surface area contributed by atoms with Gasteiger partial charge in [-0.25, -0.2) is 4.79 Å². The SMILES string of the molecule is COCCCCCOc1ccccc1C(=O)NC[C@@H](C[C@H](NC(=O)OC(C)(C)C)[C@@H](O)C[C@H](C(=O)NCCN1CCOCC1)C(C)C)C(C)C. The van der Waals surface area contributed by atoms with Crippen LogP contribution < -0.4 is 20.7 Å².